The highest BCUT2D eigenvalue weighted by molar-refractivity contribution is 8.13. The Morgan fingerprint density at radius 2 is 1.87 bits per heavy atom. The van der Waals surface area contributed by atoms with Gasteiger partial charge in [0.05, 0.1) is 4.90 Å². The average Bonchev–Trinajstić information content (AvgIpc) is 2.00. The molecule has 0 fully saturated rings. The number of rotatable bonds is 2. The number of halogens is 1. The molecule has 0 amide bonds. The number of phenols is 1. The summed E-state index contributed by atoms with van der Waals surface area (Å²) in [7, 11) is 1.54. The first-order valence-electron chi connectivity index (χ1n) is 4.51. The molecule has 0 aliphatic heterocycles. The van der Waals surface area contributed by atoms with Gasteiger partial charge in [-0.05, 0) is 36.1 Å². The molecule has 0 aromatic heterocycles. The first kappa shape index (κ1) is 12.3. The van der Waals surface area contributed by atoms with Crippen molar-refractivity contribution in [2.75, 3.05) is 0 Å². The fraction of sp³-hybridized carbons (Fsp3) is 0.400. The Hall–Kier alpha value is -0.740. The van der Waals surface area contributed by atoms with E-state index >= 15 is 0 Å². The maximum atomic E-state index is 11.2. The Labute approximate surface area is 94.1 Å². The molecule has 0 spiro atoms. The Bertz CT molecular complexity index is 478. The fourth-order valence-corrected chi connectivity index (χ4v) is 2.62. The van der Waals surface area contributed by atoms with Crippen molar-refractivity contribution in [2.45, 2.75) is 31.6 Å². The van der Waals surface area contributed by atoms with Crippen molar-refractivity contribution in [3.8, 4) is 5.75 Å². The van der Waals surface area contributed by atoms with E-state index in [2.05, 4.69) is 0 Å². The molecule has 1 aromatic carbocycles. The predicted molar refractivity (Wildman–Crippen MR) is 60.0 cm³/mol. The Morgan fingerprint density at radius 3 is 2.27 bits per heavy atom. The molecular formula is C10H13ClO3S. The molecule has 0 atom stereocenters. The summed E-state index contributed by atoms with van der Waals surface area (Å²) in [5.74, 6) is 0.148. The van der Waals surface area contributed by atoms with Gasteiger partial charge in [-0.2, -0.15) is 0 Å². The minimum absolute atomic E-state index is 0.0442. The third-order valence-corrected chi connectivity index (χ3v) is 3.67. The second kappa shape index (κ2) is 4.02. The molecule has 5 heteroatoms. The lowest BCUT2D eigenvalue weighted by Gasteiger charge is -2.11. The van der Waals surface area contributed by atoms with E-state index in [1.165, 1.54) is 12.1 Å². The van der Waals surface area contributed by atoms with Gasteiger partial charge in [0.15, 0.2) is 0 Å². The molecular weight excluding hydrogens is 236 g/mol. The van der Waals surface area contributed by atoms with E-state index in [0.717, 1.165) is 0 Å². The van der Waals surface area contributed by atoms with E-state index < -0.39 is 9.05 Å². The summed E-state index contributed by atoms with van der Waals surface area (Å²) in [6, 6.07) is 2.85. The van der Waals surface area contributed by atoms with Gasteiger partial charge in [0.2, 0.25) is 0 Å². The van der Waals surface area contributed by atoms with Crippen molar-refractivity contribution in [2.24, 2.45) is 0 Å². The van der Waals surface area contributed by atoms with E-state index in [9.17, 15) is 13.5 Å². The van der Waals surface area contributed by atoms with Crippen LogP contribution in [0.3, 0.4) is 0 Å². The minimum atomic E-state index is -3.75. The van der Waals surface area contributed by atoms with Gasteiger partial charge in [0.25, 0.3) is 9.05 Å². The van der Waals surface area contributed by atoms with Gasteiger partial charge in [-0.1, -0.05) is 13.8 Å². The van der Waals surface area contributed by atoms with Crippen molar-refractivity contribution in [3.05, 3.63) is 23.3 Å². The van der Waals surface area contributed by atoms with E-state index in [0.29, 0.717) is 11.1 Å². The lowest BCUT2D eigenvalue weighted by Crippen LogP contribution is -1.98. The molecule has 0 saturated carbocycles. The molecule has 0 bridgehead atoms. The zero-order valence-corrected chi connectivity index (χ0v) is 10.4. The lowest BCUT2D eigenvalue weighted by atomic mass is 10.0. The Morgan fingerprint density at radius 1 is 1.33 bits per heavy atom. The summed E-state index contributed by atoms with van der Waals surface area (Å²) < 4.78 is 22.4. The second-order valence-corrected chi connectivity index (χ2v) is 6.30. The first-order valence-corrected chi connectivity index (χ1v) is 6.82. The van der Waals surface area contributed by atoms with Gasteiger partial charge >= 0.3 is 0 Å². The van der Waals surface area contributed by atoms with Crippen LogP contribution in [0.2, 0.25) is 0 Å². The molecule has 1 aromatic rings. The molecule has 0 unspecified atom stereocenters. The maximum absolute atomic E-state index is 11.2. The monoisotopic (exact) mass is 248 g/mol. The van der Waals surface area contributed by atoms with Crippen LogP contribution >= 0.6 is 10.7 Å². The van der Waals surface area contributed by atoms with E-state index in [-0.39, 0.29) is 16.6 Å². The van der Waals surface area contributed by atoms with Gasteiger partial charge in [0, 0.05) is 10.7 Å². The van der Waals surface area contributed by atoms with Gasteiger partial charge in [-0.3, -0.25) is 0 Å². The van der Waals surface area contributed by atoms with Crippen molar-refractivity contribution in [1.82, 2.24) is 0 Å². The quantitative estimate of drug-likeness (QED) is 0.819. The van der Waals surface area contributed by atoms with Crippen LogP contribution in [-0.4, -0.2) is 13.5 Å². The third-order valence-electron chi connectivity index (χ3n) is 2.21. The van der Waals surface area contributed by atoms with Crippen LogP contribution in [0.25, 0.3) is 0 Å². The molecule has 0 saturated heterocycles. The van der Waals surface area contributed by atoms with Crippen molar-refractivity contribution in [3.63, 3.8) is 0 Å². The Balaban J connectivity index is 3.50. The number of phenolic OH excluding ortho intramolecular Hbond substituents is 1. The van der Waals surface area contributed by atoms with Crippen LogP contribution < -0.4 is 0 Å². The largest absolute Gasteiger partial charge is 0.508 e. The van der Waals surface area contributed by atoms with Crippen LogP contribution in [0.1, 0.15) is 30.9 Å². The maximum Gasteiger partial charge on any atom is 0.261 e. The van der Waals surface area contributed by atoms with Crippen molar-refractivity contribution >= 4 is 19.7 Å². The number of aryl methyl sites for hydroxylation is 1. The molecule has 1 N–H and O–H groups in total. The van der Waals surface area contributed by atoms with Crippen molar-refractivity contribution in [1.29, 1.82) is 0 Å². The van der Waals surface area contributed by atoms with Gasteiger partial charge in [0.1, 0.15) is 5.75 Å². The molecule has 0 radical (unpaired) electrons. The molecule has 0 aliphatic carbocycles. The highest BCUT2D eigenvalue weighted by Gasteiger charge is 2.17. The fourth-order valence-electron chi connectivity index (χ4n) is 1.41. The summed E-state index contributed by atoms with van der Waals surface area (Å²) in [5.41, 5.74) is 1.03. The van der Waals surface area contributed by atoms with Crippen LogP contribution in [0, 0.1) is 6.92 Å². The summed E-state index contributed by atoms with van der Waals surface area (Å²) >= 11 is 0. The zero-order chi connectivity index (χ0) is 11.8. The van der Waals surface area contributed by atoms with Crippen molar-refractivity contribution < 1.29 is 13.5 Å². The lowest BCUT2D eigenvalue weighted by molar-refractivity contribution is 0.463. The minimum Gasteiger partial charge on any atom is -0.508 e. The van der Waals surface area contributed by atoms with E-state index in [1.807, 2.05) is 13.8 Å². The highest BCUT2D eigenvalue weighted by Crippen LogP contribution is 2.31. The number of hydrogen-bond acceptors (Lipinski definition) is 3. The molecule has 1 rings (SSSR count). The molecule has 3 nitrogen and oxygen atoms in total. The SMILES string of the molecule is Cc1cc(O)c(C(C)C)cc1S(=O)(=O)Cl. The van der Waals surface area contributed by atoms with Gasteiger partial charge in [-0.15, -0.1) is 0 Å². The standard InChI is InChI=1S/C10H13ClO3S/c1-6(2)8-5-10(15(11,13)14)7(3)4-9(8)12/h4-6,12H,1-3H3. The van der Waals surface area contributed by atoms with Crippen LogP contribution in [0.5, 0.6) is 5.75 Å². The first-order chi connectivity index (χ1) is 6.73. The number of benzene rings is 1. The highest BCUT2D eigenvalue weighted by atomic mass is 35.7. The van der Waals surface area contributed by atoms with Crippen LogP contribution in [0.4, 0.5) is 0 Å². The van der Waals surface area contributed by atoms with Gasteiger partial charge < -0.3 is 5.11 Å². The smallest absolute Gasteiger partial charge is 0.261 e. The van der Waals surface area contributed by atoms with E-state index in [4.69, 9.17) is 10.7 Å². The molecule has 0 heterocycles. The molecule has 15 heavy (non-hydrogen) atoms. The second-order valence-electron chi connectivity index (χ2n) is 3.77. The summed E-state index contributed by atoms with van der Waals surface area (Å²) in [6.07, 6.45) is 0. The normalized spacial score (nSPS) is 12.1. The topological polar surface area (TPSA) is 54.4 Å². The molecule has 0 aliphatic rings. The van der Waals surface area contributed by atoms with Crippen LogP contribution in [-0.2, 0) is 9.05 Å². The van der Waals surface area contributed by atoms with Gasteiger partial charge in [-0.25, -0.2) is 8.42 Å². The number of aromatic hydroxyl groups is 1. The summed E-state index contributed by atoms with van der Waals surface area (Å²) in [6.45, 7) is 5.34. The average molecular weight is 249 g/mol. The third kappa shape index (κ3) is 2.63. The molecule has 84 valence electrons. The predicted octanol–water partition coefficient (Wildman–Crippen LogP) is 2.75. The van der Waals surface area contributed by atoms with E-state index in [1.54, 1.807) is 6.92 Å². The number of hydrogen-bond donors (Lipinski definition) is 1. The Kier molecular flexibility index (Phi) is 3.31. The summed E-state index contributed by atoms with van der Waals surface area (Å²) in [5, 5.41) is 9.61. The summed E-state index contributed by atoms with van der Waals surface area (Å²) in [4.78, 5) is 0.0608. The van der Waals surface area contributed by atoms with Crippen LogP contribution in [0.15, 0.2) is 17.0 Å². The zero-order valence-electron chi connectivity index (χ0n) is 8.78.